The van der Waals surface area contributed by atoms with E-state index in [1.807, 2.05) is 12.1 Å². The largest absolute Gasteiger partial charge is 1.00 e. The standard InChI is InChI=1S/C24H34O4S.K/c1-2-3-4-5-6-7-8-9-10-11-15-21-16-14-17-22(20-21)28-23-18-12-13-19-24(23)29(25,26)27;/h12-14,16-20H,2-11,15H2,1H3,(H,25,26,27);/q;+1/p-1. The Labute approximate surface area is 225 Å². The fourth-order valence-corrected chi connectivity index (χ4v) is 4.05. The Morgan fingerprint density at radius 1 is 0.800 bits per heavy atom. The maximum absolute atomic E-state index is 11.4. The molecule has 0 amide bonds. The van der Waals surface area contributed by atoms with Crippen LogP contribution in [0.15, 0.2) is 53.4 Å². The molecule has 0 saturated carbocycles. The molecule has 0 saturated heterocycles. The number of hydrogen-bond donors (Lipinski definition) is 0. The Balaban J connectivity index is 0.00000450. The van der Waals surface area contributed by atoms with Gasteiger partial charge in [-0.1, -0.05) is 89.0 Å². The topological polar surface area (TPSA) is 66.4 Å². The van der Waals surface area contributed by atoms with Crippen LogP contribution in [0.4, 0.5) is 0 Å². The predicted molar refractivity (Wildman–Crippen MR) is 116 cm³/mol. The summed E-state index contributed by atoms with van der Waals surface area (Å²) in [5.74, 6) is 0.615. The first-order chi connectivity index (χ1) is 14.0. The van der Waals surface area contributed by atoms with Gasteiger partial charge in [-0.05, 0) is 42.7 Å². The zero-order valence-electron chi connectivity index (χ0n) is 18.4. The van der Waals surface area contributed by atoms with E-state index in [1.165, 1.54) is 76.0 Å². The average molecular weight is 457 g/mol. The average Bonchev–Trinajstić information content (AvgIpc) is 2.69. The molecule has 0 aliphatic carbocycles. The molecule has 0 spiro atoms. The van der Waals surface area contributed by atoms with Crippen LogP contribution in [0.25, 0.3) is 0 Å². The third kappa shape index (κ3) is 10.9. The van der Waals surface area contributed by atoms with Crippen molar-refractivity contribution in [1.82, 2.24) is 0 Å². The summed E-state index contributed by atoms with van der Waals surface area (Å²) < 4.78 is 39.9. The van der Waals surface area contributed by atoms with E-state index in [1.54, 1.807) is 12.1 Å². The molecule has 0 heterocycles. The van der Waals surface area contributed by atoms with Gasteiger partial charge >= 0.3 is 51.4 Å². The van der Waals surface area contributed by atoms with Crippen LogP contribution in [0.1, 0.15) is 76.7 Å². The number of ether oxygens (including phenoxy) is 1. The summed E-state index contributed by atoms with van der Waals surface area (Å²) in [6.07, 6.45) is 14.0. The van der Waals surface area contributed by atoms with Gasteiger partial charge in [0, 0.05) is 0 Å². The normalized spacial score (nSPS) is 11.1. The summed E-state index contributed by atoms with van der Waals surface area (Å²) in [7, 11) is -4.57. The van der Waals surface area contributed by atoms with E-state index in [-0.39, 0.29) is 62.0 Å². The van der Waals surface area contributed by atoms with Crippen LogP contribution >= 0.6 is 0 Å². The monoisotopic (exact) mass is 456 g/mol. The zero-order chi connectivity index (χ0) is 21.0. The zero-order valence-corrected chi connectivity index (χ0v) is 22.4. The third-order valence-electron chi connectivity index (χ3n) is 5.06. The van der Waals surface area contributed by atoms with E-state index in [9.17, 15) is 13.0 Å². The minimum atomic E-state index is -4.57. The van der Waals surface area contributed by atoms with Crippen molar-refractivity contribution in [1.29, 1.82) is 0 Å². The van der Waals surface area contributed by atoms with E-state index in [0.717, 1.165) is 18.4 Å². The van der Waals surface area contributed by atoms with Gasteiger partial charge < -0.3 is 9.29 Å². The van der Waals surface area contributed by atoms with Gasteiger partial charge in [0.2, 0.25) is 0 Å². The van der Waals surface area contributed by atoms with Crippen molar-refractivity contribution in [3.8, 4) is 11.5 Å². The molecule has 0 radical (unpaired) electrons. The first-order valence-electron chi connectivity index (χ1n) is 10.8. The van der Waals surface area contributed by atoms with E-state index >= 15 is 0 Å². The molecule has 30 heavy (non-hydrogen) atoms. The van der Waals surface area contributed by atoms with Crippen molar-refractivity contribution in [2.24, 2.45) is 0 Å². The van der Waals surface area contributed by atoms with Gasteiger partial charge in [0.15, 0.2) is 0 Å². The van der Waals surface area contributed by atoms with Gasteiger partial charge in [0.05, 0.1) is 4.90 Å². The molecule has 160 valence electrons. The minimum Gasteiger partial charge on any atom is -0.744 e. The Morgan fingerprint density at radius 3 is 2.03 bits per heavy atom. The molecule has 0 unspecified atom stereocenters. The Hall–Kier alpha value is -0.214. The summed E-state index contributed by atoms with van der Waals surface area (Å²) in [6.45, 7) is 2.25. The number of aryl methyl sites for hydroxylation is 1. The van der Waals surface area contributed by atoms with E-state index in [0.29, 0.717) is 5.75 Å². The van der Waals surface area contributed by atoms with Crippen molar-refractivity contribution < 1.29 is 69.1 Å². The maximum atomic E-state index is 11.4. The second-order valence-corrected chi connectivity index (χ2v) is 8.93. The molecule has 2 aromatic carbocycles. The van der Waals surface area contributed by atoms with Crippen LogP contribution < -0.4 is 56.1 Å². The smallest absolute Gasteiger partial charge is 0.744 e. The van der Waals surface area contributed by atoms with Gasteiger partial charge in [-0.15, -0.1) is 0 Å². The van der Waals surface area contributed by atoms with E-state index < -0.39 is 10.1 Å². The van der Waals surface area contributed by atoms with Gasteiger partial charge in [-0.25, -0.2) is 8.42 Å². The summed E-state index contributed by atoms with van der Waals surface area (Å²) in [5, 5.41) is 0. The molecule has 2 rings (SSSR count). The molecule has 0 fully saturated rings. The molecule has 6 heteroatoms. The summed E-state index contributed by atoms with van der Waals surface area (Å²) in [4.78, 5) is -0.333. The predicted octanol–water partition coefficient (Wildman–Crippen LogP) is 3.85. The Kier molecular flexibility index (Phi) is 14.4. The molecule has 0 aliphatic rings. The molecular weight excluding hydrogens is 423 g/mol. The fraction of sp³-hybridized carbons (Fsp3) is 0.500. The van der Waals surface area contributed by atoms with Gasteiger partial charge in [0.25, 0.3) is 0 Å². The van der Waals surface area contributed by atoms with Crippen LogP contribution in [-0.4, -0.2) is 13.0 Å². The van der Waals surface area contributed by atoms with Crippen LogP contribution in [-0.2, 0) is 16.5 Å². The number of unbranched alkanes of at least 4 members (excludes halogenated alkanes) is 9. The number of benzene rings is 2. The molecule has 0 bridgehead atoms. The Bertz CT molecular complexity index is 837. The first kappa shape index (κ1) is 27.8. The Morgan fingerprint density at radius 2 is 1.40 bits per heavy atom. The van der Waals surface area contributed by atoms with Gasteiger partial charge in [0.1, 0.15) is 21.6 Å². The second-order valence-electron chi connectivity index (χ2n) is 7.58. The molecule has 0 aliphatic heterocycles. The SMILES string of the molecule is CCCCCCCCCCCCc1cccc(Oc2ccccc2S(=O)(=O)[O-])c1.[K+]. The first-order valence-corrected chi connectivity index (χ1v) is 12.2. The van der Waals surface area contributed by atoms with Crippen LogP contribution in [0.5, 0.6) is 11.5 Å². The molecular formula is C24H33KO4S. The summed E-state index contributed by atoms with van der Waals surface area (Å²) in [6, 6.07) is 13.6. The van der Waals surface area contributed by atoms with Crippen LogP contribution in [0, 0.1) is 0 Å². The summed E-state index contributed by atoms with van der Waals surface area (Å²) in [5.41, 5.74) is 1.16. The molecule has 0 aromatic heterocycles. The van der Waals surface area contributed by atoms with E-state index in [2.05, 4.69) is 13.0 Å². The molecule has 0 N–H and O–H groups in total. The number of para-hydroxylation sites is 1. The van der Waals surface area contributed by atoms with Crippen LogP contribution in [0.2, 0.25) is 0 Å². The van der Waals surface area contributed by atoms with Gasteiger partial charge in [-0.2, -0.15) is 0 Å². The minimum absolute atomic E-state index is 0. The van der Waals surface area contributed by atoms with Crippen molar-refractivity contribution >= 4 is 10.1 Å². The number of rotatable bonds is 14. The van der Waals surface area contributed by atoms with E-state index in [4.69, 9.17) is 4.74 Å². The molecule has 2 aromatic rings. The van der Waals surface area contributed by atoms with Crippen molar-refractivity contribution in [2.75, 3.05) is 0 Å². The van der Waals surface area contributed by atoms with Crippen molar-refractivity contribution in [3.05, 3.63) is 54.1 Å². The third-order valence-corrected chi connectivity index (χ3v) is 5.94. The van der Waals surface area contributed by atoms with Crippen LogP contribution in [0.3, 0.4) is 0 Å². The fourth-order valence-electron chi connectivity index (χ4n) is 3.45. The number of hydrogen-bond acceptors (Lipinski definition) is 4. The second kappa shape index (κ2) is 15.6. The van der Waals surface area contributed by atoms with Gasteiger partial charge in [-0.3, -0.25) is 0 Å². The molecule has 0 atom stereocenters. The quantitative estimate of drug-likeness (QED) is 0.246. The van der Waals surface area contributed by atoms with Crippen molar-refractivity contribution in [2.45, 2.75) is 82.4 Å². The van der Waals surface area contributed by atoms with Crippen molar-refractivity contribution in [3.63, 3.8) is 0 Å². The maximum Gasteiger partial charge on any atom is 1.00 e. The molecule has 4 nitrogen and oxygen atoms in total. The summed E-state index contributed by atoms with van der Waals surface area (Å²) >= 11 is 0.